The molecule has 21 heavy (non-hydrogen) atoms. The van der Waals surface area contributed by atoms with Crippen LogP contribution in [0.15, 0.2) is 6.33 Å². The van der Waals surface area contributed by atoms with E-state index in [0.29, 0.717) is 24.6 Å². The second-order valence-corrected chi connectivity index (χ2v) is 5.49. The average molecular weight is 291 g/mol. The Kier molecular flexibility index (Phi) is 3.81. The number of hydrogen-bond donors (Lipinski definition) is 1. The van der Waals surface area contributed by atoms with Crippen molar-refractivity contribution in [2.24, 2.45) is 0 Å². The van der Waals surface area contributed by atoms with Gasteiger partial charge in [-0.3, -0.25) is 4.79 Å². The molecule has 114 valence electrons. The molecule has 0 bridgehead atoms. The standard InChI is InChI=1S/C14H21N5O2/c1-2-7-21-14-12(15)13(16-9-17-14)18-5-6-19-10(8-18)3-4-11(19)20/h9-10H,2-8,15H2,1H3. The Bertz CT molecular complexity index is 536. The molecule has 1 aromatic rings. The molecule has 2 aliphatic rings. The molecule has 0 radical (unpaired) electrons. The summed E-state index contributed by atoms with van der Waals surface area (Å²) in [6.07, 6.45) is 3.96. The summed E-state index contributed by atoms with van der Waals surface area (Å²) < 4.78 is 5.55. The second kappa shape index (κ2) is 5.75. The Morgan fingerprint density at radius 2 is 2.29 bits per heavy atom. The maximum atomic E-state index is 11.7. The number of piperazine rings is 1. The first-order valence-corrected chi connectivity index (χ1v) is 7.48. The number of fused-ring (bicyclic) bond motifs is 1. The lowest BCUT2D eigenvalue weighted by Gasteiger charge is -2.38. The zero-order valence-corrected chi connectivity index (χ0v) is 12.3. The normalized spacial score (nSPS) is 21.6. The summed E-state index contributed by atoms with van der Waals surface area (Å²) in [7, 11) is 0. The maximum Gasteiger partial charge on any atom is 0.242 e. The van der Waals surface area contributed by atoms with E-state index in [1.54, 1.807) is 0 Å². The van der Waals surface area contributed by atoms with Crippen molar-refractivity contribution in [3.05, 3.63) is 6.33 Å². The van der Waals surface area contributed by atoms with Gasteiger partial charge in [-0.25, -0.2) is 4.98 Å². The van der Waals surface area contributed by atoms with Crippen molar-refractivity contribution in [3.63, 3.8) is 0 Å². The van der Waals surface area contributed by atoms with Crippen LogP contribution in [0.3, 0.4) is 0 Å². The highest BCUT2D eigenvalue weighted by molar-refractivity contribution is 5.79. The highest BCUT2D eigenvalue weighted by Gasteiger charge is 2.36. The van der Waals surface area contributed by atoms with Gasteiger partial charge in [-0.05, 0) is 12.8 Å². The molecule has 7 heteroatoms. The zero-order chi connectivity index (χ0) is 14.8. The molecule has 3 rings (SSSR count). The molecular formula is C14H21N5O2. The molecule has 1 amide bonds. The van der Waals surface area contributed by atoms with Gasteiger partial charge in [0.2, 0.25) is 11.8 Å². The first-order chi connectivity index (χ1) is 10.2. The van der Waals surface area contributed by atoms with E-state index in [9.17, 15) is 4.79 Å². The molecule has 1 atom stereocenters. The number of nitrogens with zero attached hydrogens (tertiary/aromatic N) is 4. The van der Waals surface area contributed by atoms with Crippen LogP contribution in [0.4, 0.5) is 11.5 Å². The van der Waals surface area contributed by atoms with Crippen molar-refractivity contribution >= 4 is 17.4 Å². The minimum Gasteiger partial charge on any atom is -0.476 e. The quantitative estimate of drug-likeness (QED) is 0.877. The first kappa shape index (κ1) is 13.9. The minimum atomic E-state index is 0.266. The van der Waals surface area contributed by atoms with Crippen LogP contribution in [0.5, 0.6) is 5.88 Å². The largest absolute Gasteiger partial charge is 0.476 e. The number of nitrogens with two attached hydrogens (primary N) is 1. The first-order valence-electron chi connectivity index (χ1n) is 7.48. The highest BCUT2D eigenvalue weighted by Crippen LogP contribution is 2.31. The molecular weight excluding hydrogens is 270 g/mol. The Labute approximate surface area is 124 Å². The summed E-state index contributed by atoms with van der Waals surface area (Å²) in [5.74, 6) is 1.43. The molecule has 1 aromatic heterocycles. The van der Waals surface area contributed by atoms with E-state index in [4.69, 9.17) is 10.5 Å². The topological polar surface area (TPSA) is 84.6 Å². The lowest BCUT2D eigenvalue weighted by Crippen LogP contribution is -2.51. The summed E-state index contributed by atoms with van der Waals surface area (Å²) in [6, 6.07) is 0.278. The Morgan fingerprint density at radius 3 is 3.10 bits per heavy atom. The summed E-state index contributed by atoms with van der Waals surface area (Å²) in [6.45, 7) is 4.88. The third kappa shape index (κ3) is 2.59. The van der Waals surface area contributed by atoms with Gasteiger partial charge in [0.05, 0.1) is 6.61 Å². The molecule has 1 unspecified atom stereocenters. The molecule has 0 aromatic carbocycles. The Morgan fingerprint density at radius 1 is 1.43 bits per heavy atom. The molecule has 0 saturated carbocycles. The summed E-state index contributed by atoms with van der Waals surface area (Å²) in [5.41, 5.74) is 6.64. The zero-order valence-electron chi connectivity index (χ0n) is 12.3. The van der Waals surface area contributed by atoms with Crippen molar-refractivity contribution in [1.29, 1.82) is 0 Å². The smallest absolute Gasteiger partial charge is 0.242 e. The van der Waals surface area contributed by atoms with Crippen LogP contribution in [0.2, 0.25) is 0 Å². The molecule has 7 nitrogen and oxygen atoms in total. The third-order valence-corrected chi connectivity index (χ3v) is 4.06. The summed E-state index contributed by atoms with van der Waals surface area (Å²) >= 11 is 0. The molecule has 2 N–H and O–H groups in total. The lowest BCUT2D eigenvalue weighted by atomic mass is 10.1. The van der Waals surface area contributed by atoms with E-state index in [2.05, 4.69) is 14.9 Å². The van der Waals surface area contributed by atoms with Gasteiger partial charge in [0.15, 0.2) is 5.82 Å². The van der Waals surface area contributed by atoms with Crippen molar-refractivity contribution in [2.45, 2.75) is 32.2 Å². The number of carbonyl (C=O) groups excluding carboxylic acids is 1. The fourth-order valence-electron chi connectivity index (χ4n) is 2.99. The van der Waals surface area contributed by atoms with Gasteiger partial charge in [-0.1, -0.05) is 6.92 Å². The minimum absolute atomic E-state index is 0.266. The van der Waals surface area contributed by atoms with Crippen LogP contribution in [0.25, 0.3) is 0 Å². The van der Waals surface area contributed by atoms with Crippen LogP contribution >= 0.6 is 0 Å². The molecule has 2 aliphatic heterocycles. The Hall–Kier alpha value is -2.05. The van der Waals surface area contributed by atoms with E-state index in [-0.39, 0.29) is 11.9 Å². The molecule has 0 spiro atoms. The highest BCUT2D eigenvalue weighted by atomic mass is 16.5. The molecule has 0 aliphatic carbocycles. The van der Waals surface area contributed by atoms with E-state index in [1.165, 1.54) is 6.33 Å². The van der Waals surface area contributed by atoms with Gasteiger partial charge in [0.1, 0.15) is 12.0 Å². The number of carbonyl (C=O) groups is 1. The van der Waals surface area contributed by atoms with Crippen molar-refractivity contribution < 1.29 is 9.53 Å². The van der Waals surface area contributed by atoms with Gasteiger partial charge in [-0.2, -0.15) is 4.98 Å². The predicted molar refractivity (Wildman–Crippen MR) is 79.2 cm³/mol. The lowest BCUT2D eigenvalue weighted by molar-refractivity contribution is -0.129. The van der Waals surface area contributed by atoms with Crippen LogP contribution in [0.1, 0.15) is 26.2 Å². The fraction of sp³-hybridized carbons (Fsp3) is 0.643. The van der Waals surface area contributed by atoms with E-state index < -0.39 is 0 Å². The number of amides is 1. The van der Waals surface area contributed by atoms with Crippen LogP contribution < -0.4 is 15.4 Å². The van der Waals surface area contributed by atoms with Crippen molar-refractivity contribution in [2.75, 3.05) is 36.9 Å². The van der Waals surface area contributed by atoms with E-state index in [0.717, 1.165) is 38.3 Å². The number of hydrogen-bond acceptors (Lipinski definition) is 6. The molecule has 2 fully saturated rings. The number of ether oxygens (including phenoxy) is 1. The molecule has 3 heterocycles. The van der Waals surface area contributed by atoms with E-state index in [1.807, 2.05) is 11.8 Å². The summed E-state index contributed by atoms with van der Waals surface area (Å²) in [5, 5.41) is 0. The maximum absolute atomic E-state index is 11.7. The third-order valence-electron chi connectivity index (χ3n) is 4.06. The van der Waals surface area contributed by atoms with E-state index >= 15 is 0 Å². The number of anilines is 2. The van der Waals surface area contributed by atoms with Gasteiger partial charge >= 0.3 is 0 Å². The van der Waals surface area contributed by atoms with Crippen molar-refractivity contribution in [3.8, 4) is 5.88 Å². The van der Waals surface area contributed by atoms with Gasteiger partial charge in [0.25, 0.3) is 0 Å². The second-order valence-electron chi connectivity index (χ2n) is 5.49. The SMILES string of the molecule is CCCOc1ncnc(N2CCN3C(=O)CCC3C2)c1N. The van der Waals surface area contributed by atoms with Crippen LogP contribution in [0, 0.1) is 0 Å². The fourth-order valence-corrected chi connectivity index (χ4v) is 2.99. The van der Waals surface area contributed by atoms with Gasteiger partial charge < -0.3 is 20.3 Å². The number of nitrogen functional groups attached to an aromatic ring is 1. The monoisotopic (exact) mass is 291 g/mol. The molecule has 2 saturated heterocycles. The average Bonchev–Trinajstić information content (AvgIpc) is 2.87. The number of rotatable bonds is 4. The summed E-state index contributed by atoms with van der Waals surface area (Å²) in [4.78, 5) is 24.2. The van der Waals surface area contributed by atoms with Gasteiger partial charge in [0, 0.05) is 32.1 Å². The van der Waals surface area contributed by atoms with Gasteiger partial charge in [-0.15, -0.1) is 0 Å². The Balaban J connectivity index is 1.76. The number of aromatic nitrogens is 2. The predicted octanol–water partition coefficient (Wildman–Crippen LogP) is 0.659. The van der Waals surface area contributed by atoms with Crippen molar-refractivity contribution in [1.82, 2.24) is 14.9 Å². The van der Waals surface area contributed by atoms with Crippen LogP contribution in [-0.2, 0) is 4.79 Å². The van der Waals surface area contributed by atoms with Crippen LogP contribution in [-0.4, -0.2) is 53.1 Å².